The van der Waals surface area contributed by atoms with Gasteiger partial charge < -0.3 is 9.84 Å². The first-order valence-corrected chi connectivity index (χ1v) is 11.5. The van der Waals surface area contributed by atoms with Crippen LogP contribution in [0.25, 0.3) is 0 Å². The standard InChI is InChI=1S/C25H20Cl2N2O5/c1-2-33-17-10-8-15(9-11-17)28-24(31)20-21(18-12-14(26)13-19(27)22(18)30)29(34-23(20)25(28)32)16-6-4-3-5-7-16/h3-13,20-21,23,30H,2H2,1H3/t20-,21+,23-/m0/s1. The molecule has 0 unspecified atom stereocenters. The van der Waals surface area contributed by atoms with E-state index in [0.717, 1.165) is 4.90 Å². The van der Waals surface area contributed by atoms with Gasteiger partial charge in [-0.15, -0.1) is 0 Å². The van der Waals surface area contributed by atoms with Gasteiger partial charge in [-0.1, -0.05) is 41.4 Å². The third-order valence-electron chi connectivity index (χ3n) is 5.91. The Hall–Kier alpha value is -3.26. The van der Waals surface area contributed by atoms with Crippen molar-refractivity contribution in [3.05, 3.63) is 82.3 Å². The number of carbonyl (C=O) groups is 2. The minimum absolute atomic E-state index is 0.0408. The van der Waals surface area contributed by atoms with Crippen LogP contribution in [0, 0.1) is 5.92 Å². The van der Waals surface area contributed by atoms with Gasteiger partial charge in [0.15, 0.2) is 6.10 Å². The van der Waals surface area contributed by atoms with Crippen LogP contribution in [0.5, 0.6) is 11.5 Å². The number of imide groups is 1. The number of hydroxylamine groups is 1. The number of hydrogen-bond donors (Lipinski definition) is 1. The number of aromatic hydroxyl groups is 1. The number of fused-ring (bicyclic) bond motifs is 1. The number of halogens is 2. The first-order valence-electron chi connectivity index (χ1n) is 10.7. The Morgan fingerprint density at radius 1 is 0.971 bits per heavy atom. The topological polar surface area (TPSA) is 79.3 Å². The second-order valence-electron chi connectivity index (χ2n) is 7.92. The fraction of sp³-hybridized carbons (Fsp3) is 0.200. The number of carbonyl (C=O) groups excluding carboxylic acids is 2. The number of hydrogen-bond acceptors (Lipinski definition) is 6. The summed E-state index contributed by atoms with van der Waals surface area (Å²) in [6.45, 7) is 2.37. The molecule has 9 heteroatoms. The van der Waals surface area contributed by atoms with Gasteiger partial charge in [-0.2, -0.15) is 0 Å². The molecule has 3 aromatic rings. The van der Waals surface area contributed by atoms with Gasteiger partial charge in [0.05, 0.1) is 29.0 Å². The van der Waals surface area contributed by atoms with Gasteiger partial charge in [0, 0.05) is 10.6 Å². The lowest BCUT2D eigenvalue weighted by molar-refractivity contribution is -0.126. The van der Waals surface area contributed by atoms with Gasteiger partial charge in [0.1, 0.15) is 17.4 Å². The summed E-state index contributed by atoms with van der Waals surface area (Å²) in [7, 11) is 0. The molecule has 3 aromatic carbocycles. The maximum atomic E-state index is 13.7. The predicted octanol–water partition coefficient (Wildman–Crippen LogP) is 5.15. The number of rotatable bonds is 5. The molecule has 2 aliphatic heterocycles. The molecule has 2 amide bonds. The number of amides is 2. The van der Waals surface area contributed by atoms with E-state index in [9.17, 15) is 14.7 Å². The van der Waals surface area contributed by atoms with E-state index in [1.54, 1.807) is 36.4 Å². The molecule has 0 aromatic heterocycles. The predicted molar refractivity (Wildman–Crippen MR) is 128 cm³/mol. The minimum atomic E-state index is -1.08. The molecule has 7 nitrogen and oxygen atoms in total. The molecule has 0 bridgehead atoms. The van der Waals surface area contributed by atoms with Crippen LogP contribution in [0.4, 0.5) is 11.4 Å². The van der Waals surface area contributed by atoms with E-state index in [0.29, 0.717) is 29.3 Å². The smallest absolute Gasteiger partial charge is 0.266 e. The number of anilines is 2. The highest BCUT2D eigenvalue weighted by atomic mass is 35.5. The van der Waals surface area contributed by atoms with Crippen molar-refractivity contribution in [3.63, 3.8) is 0 Å². The van der Waals surface area contributed by atoms with E-state index in [4.69, 9.17) is 32.8 Å². The van der Waals surface area contributed by atoms with Crippen LogP contribution in [-0.4, -0.2) is 29.6 Å². The number of nitrogens with zero attached hydrogens (tertiary/aromatic N) is 2. The third kappa shape index (κ3) is 3.66. The zero-order valence-corrected chi connectivity index (χ0v) is 19.5. The highest BCUT2D eigenvalue weighted by Gasteiger charge is 2.60. The Bertz CT molecular complexity index is 1250. The number of benzene rings is 3. The van der Waals surface area contributed by atoms with Crippen LogP contribution in [0.3, 0.4) is 0 Å². The SMILES string of the molecule is CCOc1ccc(N2C(=O)[C@@H]3[C@H](ON(c4ccccc4)[C@@H]3c3cc(Cl)cc(Cl)c3O)C2=O)cc1. The second kappa shape index (κ2) is 8.83. The van der Waals surface area contributed by atoms with Crippen molar-refractivity contribution in [1.82, 2.24) is 0 Å². The van der Waals surface area contributed by atoms with Crippen LogP contribution in [0.2, 0.25) is 10.0 Å². The summed E-state index contributed by atoms with van der Waals surface area (Å²) in [4.78, 5) is 34.2. The van der Waals surface area contributed by atoms with E-state index < -0.39 is 29.9 Å². The van der Waals surface area contributed by atoms with Crippen molar-refractivity contribution in [3.8, 4) is 11.5 Å². The van der Waals surface area contributed by atoms with E-state index in [1.807, 2.05) is 25.1 Å². The monoisotopic (exact) mass is 498 g/mol. The summed E-state index contributed by atoms with van der Waals surface area (Å²) in [5.74, 6) is -1.46. The van der Waals surface area contributed by atoms with Crippen molar-refractivity contribution in [2.75, 3.05) is 16.6 Å². The molecule has 0 aliphatic carbocycles. The molecule has 3 atom stereocenters. The van der Waals surface area contributed by atoms with Crippen molar-refractivity contribution in [2.45, 2.75) is 19.1 Å². The van der Waals surface area contributed by atoms with E-state index in [1.165, 1.54) is 17.2 Å². The van der Waals surface area contributed by atoms with Gasteiger partial charge in [-0.25, -0.2) is 9.96 Å². The Morgan fingerprint density at radius 3 is 2.35 bits per heavy atom. The molecule has 5 rings (SSSR count). The van der Waals surface area contributed by atoms with Crippen LogP contribution >= 0.6 is 23.2 Å². The van der Waals surface area contributed by atoms with Gasteiger partial charge >= 0.3 is 0 Å². The normalized spacial score (nSPS) is 21.8. The molecule has 0 spiro atoms. The van der Waals surface area contributed by atoms with Crippen molar-refractivity contribution in [1.29, 1.82) is 0 Å². The molecule has 2 aliphatic rings. The summed E-state index contributed by atoms with van der Waals surface area (Å²) in [5, 5.41) is 12.6. The molecular formula is C25H20Cl2N2O5. The number of ether oxygens (including phenoxy) is 1. The molecule has 34 heavy (non-hydrogen) atoms. The molecule has 174 valence electrons. The summed E-state index contributed by atoms with van der Waals surface area (Å²) in [6, 6.07) is 17.8. The molecule has 2 saturated heterocycles. The number of para-hydroxylation sites is 1. The van der Waals surface area contributed by atoms with Crippen LogP contribution in [-0.2, 0) is 14.4 Å². The molecular weight excluding hydrogens is 479 g/mol. The lowest BCUT2D eigenvalue weighted by Crippen LogP contribution is -2.37. The average Bonchev–Trinajstić information content (AvgIpc) is 3.34. The summed E-state index contributed by atoms with van der Waals surface area (Å²) < 4.78 is 5.45. The summed E-state index contributed by atoms with van der Waals surface area (Å²) >= 11 is 12.4. The van der Waals surface area contributed by atoms with E-state index >= 15 is 0 Å². The first kappa shape index (κ1) is 22.5. The fourth-order valence-corrected chi connectivity index (χ4v) is 4.96. The zero-order chi connectivity index (χ0) is 24.0. The maximum absolute atomic E-state index is 13.7. The van der Waals surface area contributed by atoms with Crippen LogP contribution in [0.15, 0.2) is 66.7 Å². The quantitative estimate of drug-likeness (QED) is 0.490. The lowest BCUT2D eigenvalue weighted by atomic mass is 9.90. The molecule has 0 saturated carbocycles. The summed E-state index contributed by atoms with van der Waals surface area (Å²) in [6.07, 6.45) is -1.08. The van der Waals surface area contributed by atoms with Crippen molar-refractivity contribution >= 4 is 46.4 Å². The van der Waals surface area contributed by atoms with Crippen LogP contribution in [0.1, 0.15) is 18.5 Å². The van der Waals surface area contributed by atoms with E-state index in [-0.39, 0.29) is 15.8 Å². The lowest BCUT2D eigenvalue weighted by Gasteiger charge is -2.29. The summed E-state index contributed by atoms with van der Waals surface area (Å²) in [5.41, 5.74) is 1.32. The third-order valence-corrected chi connectivity index (χ3v) is 6.41. The highest BCUT2D eigenvalue weighted by Crippen LogP contribution is 2.51. The fourth-order valence-electron chi connectivity index (χ4n) is 4.45. The van der Waals surface area contributed by atoms with Gasteiger partial charge in [0.2, 0.25) is 5.91 Å². The average molecular weight is 499 g/mol. The minimum Gasteiger partial charge on any atom is -0.506 e. The van der Waals surface area contributed by atoms with Gasteiger partial charge in [-0.05, 0) is 55.5 Å². The van der Waals surface area contributed by atoms with Crippen molar-refractivity contribution < 1.29 is 24.3 Å². The zero-order valence-electron chi connectivity index (χ0n) is 18.0. The molecule has 2 heterocycles. The number of phenolic OH excluding ortho intramolecular Hbond substituents is 1. The second-order valence-corrected chi connectivity index (χ2v) is 8.77. The Balaban J connectivity index is 1.58. The van der Waals surface area contributed by atoms with Crippen LogP contribution < -0.4 is 14.7 Å². The Morgan fingerprint density at radius 2 is 1.68 bits per heavy atom. The molecule has 0 radical (unpaired) electrons. The van der Waals surface area contributed by atoms with Gasteiger partial charge in [-0.3, -0.25) is 14.4 Å². The highest BCUT2D eigenvalue weighted by molar-refractivity contribution is 6.35. The van der Waals surface area contributed by atoms with Gasteiger partial charge in [0.25, 0.3) is 5.91 Å². The Labute approximate surface area is 206 Å². The maximum Gasteiger partial charge on any atom is 0.266 e. The first-order chi connectivity index (χ1) is 16.4. The Kier molecular flexibility index (Phi) is 5.85. The molecule has 1 N–H and O–H groups in total. The van der Waals surface area contributed by atoms with Crippen molar-refractivity contribution in [2.24, 2.45) is 5.92 Å². The number of phenols is 1. The largest absolute Gasteiger partial charge is 0.506 e. The van der Waals surface area contributed by atoms with E-state index in [2.05, 4.69) is 0 Å². The molecule has 2 fully saturated rings.